The SMILES string of the molecule is CC[C@H]1O[C@]2(CC[C@@H]1C)C[C@@H]1C[C@@H](C/C=C(/C)C[C@@H](C)C=C[C@@H]3O[C@]34CO[C@@H]3[C@H](OC(=O)C(C)Cl)C(C)=C[C@@H](C(=O)O1)[C@@]34O)O2. The lowest BCUT2D eigenvalue weighted by Gasteiger charge is -2.50. The Morgan fingerprint density at radius 1 is 1.18 bits per heavy atom. The fourth-order valence-electron chi connectivity index (χ4n) is 8.31. The second kappa shape index (κ2) is 12.4. The maximum absolute atomic E-state index is 14.3. The van der Waals surface area contributed by atoms with Crippen LogP contribution in [0.3, 0.4) is 0 Å². The maximum atomic E-state index is 14.3. The van der Waals surface area contributed by atoms with Crippen molar-refractivity contribution in [3.05, 3.63) is 35.5 Å². The number of aliphatic hydroxyl groups is 1. The van der Waals surface area contributed by atoms with E-state index in [2.05, 4.69) is 39.8 Å². The Morgan fingerprint density at radius 3 is 2.69 bits per heavy atom. The van der Waals surface area contributed by atoms with E-state index >= 15 is 0 Å². The molecule has 13 atom stereocenters. The first-order chi connectivity index (χ1) is 21.3. The Hall–Kier alpha value is -1.75. The number of hydrogen-bond donors (Lipinski definition) is 1. The fourth-order valence-corrected chi connectivity index (χ4v) is 8.36. The lowest BCUT2D eigenvalue weighted by Crippen LogP contribution is -2.64. The molecule has 6 rings (SSSR count). The van der Waals surface area contributed by atoms with E-state index in [-0.39, 0.29) is 24.7 Å². The van der Waals surface area contributed by atoms with Gasteiger partial charge >= 0.3 is 11.9 Å². The molecule has 4 fully saturated rings. The number of epoxide rings is 1. The number of hydrogen-bond acceptors (Lipinski definition) is 9. The topological polar surface area (TPSA) is 113 Å². The first-order valence-electron chi connectivity index (χ1n) is 16.8. The number of rotatable bonds is 3. The van der Waals surface area contributed by atoms with E-state index < -0.39 is 64.6 Å². The number of fused-ring (bicyclic) bond motifs is 2. The highest BCUT2D eigenvalue weighted by Crippen LogP contribution is 2.59. The molecule has 2 spiro atoms. The van der Waals surface area contributed by atoms with Gasteiger partial charge in [0.25, 0.3) is 0 Å². The normalized spacial score (nSPS) is 48.3. The number of carbonyl (C=O) groups is 2. The third kappa shape index (κ3) is 5.95. The summed E-state index contributed by atoms with van der Waals surface area (Å²) in [6, 6.07) is 0. The van der Waals surface area contributed by atoms with Crippen LogP contribution in [0, 0.1) is 17.8 Å². The molecule has 45 heavy (non-hydrogen) atoms. The highest BCUT2D eigenvalue weighted by Gasteiger charge is 2.80. The van der Waals surface area contributed by atoms with Crippen molar-refractivity contribution in [2.24, 2.45) is 17.8 Å². The lowest BCUT2D eigenvalue weighted by atomic mass is 9.67. The quantitative estimate of drug-likeness (QED) is 0.188. The van der Waals surface area contributed by atoms with Gasteiger partial charge in [0.2, 0.25) is 0 Å². The Labute approximate surface area is 271 Å². The zero-order chi connectivity index (χ0) is 32.3. The Kier molecular flexibility index (Phi) is 9.11. The van der Waals surface area contributed by atoms with Crippen LogP contribution < -0.4 is 0 Å². The van der Waals surface area contributed by atoms with Crippen molar-refractivity contribution in [1.82, 2.24) is 0 Å². The number of halogens is 1. The molecule has 1 aliphatic carbocycles. The van der Waals surface area contributed by atoms with Crippen molar-refractivity contribution in [3.63, 3.8) is 0 Å². The minimum atomic E-state index is -1.85. The van der Waals surface area contributed by atoms with Gasteiger partial charge in [-0.1, -0.05) is 50.6 Å². The van der Waals surface area contributed by atoms with Crippen molar-refractivity contribution in [3.8, 4) is 0 Å². The van der Waals surface area contributed by atoms with Crippen LogP contribution in [-0.4, -0.2) is 82.6 Å². The number of allylic oxidation sites excluding steroid dienone is 2. The van der Waals surface area contributed by atoms with Gasteiger partial charge in [0.05, 0.1) is 18.8 Å². The number of carbonyl (C=O) groups excluding carboxylic acids is 2. The monoisotopic (exact) mass is 648 g/mol. The van der Waals surface area contributed by atoms with E-state index in [1.165, 1.54) is 12.5 Å². The predicted molar refractivity (Wildman–Crippen MR) is 166 cm³/mol. The molecular formula is C35H49ClO9. The van der Waals surface area contributed by atoms with Gasteiger partial charge in [0, 0.05) is 19.3 Å². The molecule has 9 nitrogen and oxygen atoms in total. The number of esters is 2. The average Bonchev–Trinajstić information content (AvgIpc) is 3.63. The van der Waals surface area contributed by atoms with E-state index in [4.69, 9.17) is 40.0 Å². The molecule has 0 aromatic rings. The first-order valence-corrected chi connectivity index (χ1v) is 17.2. The molecule has 5 aliphatic heterocycles. The summed E-state index contributed by atoms with van der Waals surface area (Å²) in [5, 5.41) is 11.8. The molecule has 4 saturated heterocycles. The zero-order valence-electron chi connectivity index (χ0n) is 27.3. The van der Waals surface area contributed by atoms with Crippen molar-refractivity contribution in [2.45, 2.75) is 145 Å². The van der Waals surface area contributed by atoms with Crippen molar-refractivity contribution in [2.75, 3.05) is 6.61 Å². The summed E-state index contributed by atoms with van der Waals surface area (Å²) in [5.74, 6) is -2.49. The molecule has 6 aliphatic rings. The summed E-state index contributed by atoms with van der Waals surface area (Å²) in [5.41, 5.74) is -1.20. The average molecular weight is 649 g/mol. The molecule has 250 valence electrons. The molecule has 2 bridgehead atoms. The van der Waals surface area contributed by atoms with Gasteiger partial charge in [-0.15, -0.1) is 11.6 Å². The summed E-state index contributed by atoms with van der Waals surface area (Å²) < 4.78 is 37.9. The first kappa shape index (κ1) is 33.2. The number of ether oxygens (including phenoxy) is 6. The molecule has 0 aromatic heterocycles. The van der Waals surface area contributed by atoms with Crippen LogP contribution in [0.2, 0.25) is 0 Å². The second-order valence-corrected chi connectivity index (χ2v) is 15.1. The molecule has 0 amide bonds. The van der Waals surface area contributed by atoms with Gasteiger partial charge in [-0.3, -0.25) is 9.59 Å². The highest BCUT2D eigenvalue weighted by atomic mass is 35.5. The summed E-state index contributed by atoms with van der Waals surface area (Å²) in [7, 11) is 0. The van der Waals surface area contributed by atoms with Crippen LogP contribution in [-0.2, 0) is 38.0 Å². The smallest absolute Gasteiger partial charge is 0.324 e. The molecule has 0 radical (unpaired) electrons. The second-order valence-electron chi connectivity index (χ2n) is 14.4. The van der Waals surface area contributed by atoms with Gasteiger partial charge in [0.1, 0.15) is 35.2 Å². The minimum Gasteiger partial charge on any atom is -0.462 e. The van der Waals surface area contributed by atoms with Crippen LogP contribution in [0.5, 0.6) is 0 Å². The number of alkyl halides is 1. The molecule has 0 saturated carbocycles. The van der Waals surface area contributed by atoms with Gasteiger partial charge in [-0.2, -0.15) is 0 Å². The van der Waals surface area contributed by atoms with Crippen molar-refractivity contribution in [1.29, 1.82) is 0 Å². The van der Waals surface area contributed by atoms with E-state index in [0.717, 1.165) is 25.7 Å². The summed E-state index contributed by atoms with van der Waals surface area (Å²) >= 11 is 6.03. The van der Waals surface area contributed by atoms with Crippen LogP contribution in [0.15, 0.2) is 35.5 Å². The predicted octanol–water partition coefficient (Wildman–Crippen LogP) is 5.31. The molecular weight excluding hydrogens is 600 g/mol. The van der Waals surface area contributed by atoms with Crippen molar-refractivity contribution < 1.29 is 43.1 Å². The van der Waals surface area contributed by atoms with Crippen LogP contribution in [0.25, 0.3) is 0 Å². The lowest BCUT2D eigenvalue weighted by molar-refractivity contribution is -0.335. The van der Waals surface area contributed by atoms with Crippen LogP contribution in [0.1, 0.15) is 86.5 Å². The molecule has 1 unspecified atom stereocenters. The summed E-state index contributed by atoms with van der Waals surface area (Å²) in [6.45, 7) is 12.0. The molecule has 0 aromatic carbocycles. The summed E-state index contributed by atoms with van der Waals surface area (Å²) in [6.07, 6.45) is 9.98. The van der Waals surface area contributed by atoms with Crippen LogP contribution >= 0.6 is 11.6 Å². The largest absolute Gasteiger partial charge is 0.462 e. The molecule has 1 N–H and O–H groups in total. The van der Waals surface area contributed by atoms with Gasteiger partial charge in [0.15, 0.2) is 17.5 Å². The van der Waals surface area contributed by atoms with Gasteiger partial charge in [-0.25, -0.2) is 0 Å². The molecule has 5 heterocycles. The fraction of sp³-hybridized carbons (Fsp3) is 0.771. The zero-order valence-corrected chi connectivity index (χ0v) is 28.1. The van der Waals surface area contributed by atoms with E-state index in [0.29, 0.717) is 30.8 Å². The van der Waals surface area contributed by atoms with Gasteiger partial charge < -0.3 is 33.5 Å². The minimum absolute atomic E-state index is 0.0404. The van der Waals surface area contributed by atoms with Crippen LogP contribution in [0.4, 0.5) is 0 Å². The van der Waals surface area contributed by atoms with E-state index in [1.54, 1.807) is 13.0 Å². The summed E-state index contributed by atoms with van der Waals surface area (Å²) in [4.78, 5) is 26.9. The van der Waals surface area contributed by atoms with E-state index in [1.807, 2.05) is 6.08 Å². The third-order valence-electron chi connectivity index (χ3n) is 10.9. The van der Waals surface area contributed by atoms with E-state index in [9.17, 15) is 14.7 Å². The van der Waals surface area contributed by atoms with Crippen molar-refractivity contribution >= 4 is 23.5 Å². The Morgan fingerprint density at radius 2 is 1.96 bits per heavy atom. The standard InChI is InChI=1S/C35H49ClO9/c1-7-27-21(4)12-13-33(44-27)17-25-16-24(43-33)10-8-19(2)14-20(3)9-11-28-34(45-28)18-40-30-29(42-31(37)23(6)36)22(5)15-26(32(38)41-25)35(30,34)39/h8-9,11,15,20-21,23-30,39H,7,10,12-14,16-18H2,1-6H3/b11-9?,19-8-/t20-,21-,23?,24+,25-,26-,27+,28-,29+,30+,33+,34+,35+/m0/s1. The Balaban J connectivity index is 1.37. The molecule has 10 heteroatoms. The maximum Gasteiger partial charge on any atom is 0.324 e. The third-order valence-corrected chi connectivity index (χ3v) is 11.1. The Bertz CT molecular complexity index is 1260. The van der Waals surface area contributed by atoms with Gasteiger partial charge in [-0.05, 0) is 63.9 Å². The highest BCUT2D eigenvalue weighted by molar-refractivity contribution is 6.29.